The number of rotatable bonds is 3. The molecule has 1 fully saturated rings. The number of fused-ring (bicyclic) bond motifs is 1. The average molecular weight is 326 g/mol. The van der Waals surface area contributed by atoms with Crippen molar-refractivity contribution < 1.29 is 9.18 Å². The normalized spacial score (nSPS) is 14.2. The molecule has 0 bridgehead atoms. The predicted octanol–water partition coefficient (Wildman–Crippen LogP) is 4.76. The van der Waals surface area contributed by atoms with Crippen LogP contribution in [-0.4, -0.2) is 10.9 Å². The number of aromatic nitrogens is 1. The second-order valence-electron chi connectivity index (χ2n) is 5.90. The number of carbonyl (C=O) groups is 1. The third-order valence-electron chi connectivity index (χ3n) is 4.08. The van der Waals surface area contributed by atoms with Gasteiger partial charge in [-0.15, -0.1) is 0 Å². The van der Waals surface area contributed by atoms with Crippen LogP contribution < -0.4 is 5.32 Å². The minimum Gasteiger partial charge on any atom is -0.302 e. The summed E-state index contributed by atoms with van der Waals surface area (Å²) >= 11 is 1.45. The maximum atomic E-state index is 14.1. The lowest BCUT2D eigenvalue weighted by Gasteiger charge is -2.07. The first-order valence-corrected chi connectivity index (χ1v) is 8.40. The molecule has 0 atom stereocenters. The van der Waals surface area contributed by atoms with Crippen LogP contribution in [0.5, 0.6) is 0 Å². The van der Waals surface area contributed by atoms with E-state index in [1.807, 2.05) is 31.2 Å². The molecule has 23 heavy (non-hydrogen) atoms. The first-order valence-electron chi connectivity index (χ1n) is 7.59. The highest BCUT2D eigenvalue weighted by Crippen LogP contribution is 2.34. The summed E-state index contributed by atoms with van der Waals surface area (Å²) in [5.41, 5.74) is 3.08. The fourth-order valence-electron chi connectivity index (χ4n) is 2.69. The summed E-state index contributed by atoms with van der Waals surface area (Å²) in [7, 11) is 0. The van der Waals surface area contributed by atoms with E-state index in [2.05, 4.69) is 10.3 Å². The van der Waals surface area contributed by atoms with Crippen LogP contribution >= 0.6 is 11.3 Å². The highest BCUT2D eigenvalue weighted by Gasteiger charge is 2.30. The zero-order valence-corrected chi connectivity index (χ0v) is 13.4. The summed E-state index contributed by atoms with van der Waals surface area (Å²) in [4.78, 5) is 16.3. The number of hydrogen-bond acceptors (Lipinski definition) is 3. The molecule has 3 nitrogen and oxygen atoms in total. The molecule has 1 saturated carbocycles. The molecule has 4 rings (SSSR count). The van der Waals surface area contributed by atoms with E-state index in [9.17, 15) is 9.18 Å². The van der Waals surface area contributed by atoms with E-state index in [4.69, 9.17) is 0 Å². The zero-order chi connectivity index (χ0) is 16.0. The molecule has 1 aliphatic carbocycles. The standard InChI is InChI=1S/C18H15FN2OS/c1-10-3-2-4-13(19)16(10)12-7-8-15-14(9-12)20-18(23-15)21-17(22)11-5-6-11/h2-4,7-9,11H,5-6H2,1H3,(H,20,21,22). The molecule has 0 aliphatic heterocycles. The van der Waals surface area contributed by atoms with Crippen LogP contribution in [-0.2, 0) is 4.79 Å². The fraction of sp³-hybridized carbons (Fsp3) is 0.222. The van der Waals surface area contributed by atoms with Crippen LogP contribution in [0.15, 0.2) is 36.4 Å². The quantitative estimate of drug-likeness (QED) is 0.754. The summed E-state index contributed by atoms with van der Waals surface area (Å²) in [6.45, 7) is 1.89. The minimum absolute atomic E-state index is 0.0502. The van der Waals surface area contributed by atoms with E-state index >= 15 is 0 Å². The Hall–Kier alpha value is -2.27. The molecule has 1 amide bonds. The zero-order valence-electron chi connectivity index (χ0n) is 12.6. The SMILES string of the molecule is Cc1cccc(F)c1-c1ccc2sc(NC(=O)C3CC3)nc2c1. The molecule has 1 heterocycles. The number of anilines is 1. The minimum atomic E-state index is -0.234. The van der Waals surface area contributed by atoms with Crippen LogP contribution in [0.2, 0.25) is 0 Å². The lowest BCUT2D eigenvalue weighted by atomic mass is 10.00. The van der Waals surface area contributed by atoms with E-state index in [1.54, 1.807) is 6.07 Å². The van der Waals surface area contributed by atoms with Gasteiger partial charge in [-0.25, -0.2) is 9.37 Å². The van der Waals surface area contributed by atoms with Gasteiger partial charge in [0.2, 0.25) is 5.91 Å². The molecule has 1 aromatic heterocycles. The number of amides is 1. The van der Waals surface area contributed by atoms with Crippen molar-refractivity contribution in [2.75, 3.05) is 5.32 Å². The van der Waals surface area contributed by atoms with Gasteiger partial charge >= 0.3 is 0 Å². The maximum absolute atomic E-state index is 14.1. The van der Waals surface area contributed by atoms with Crippen molar-refractivity contribution in [3.05, 3.63) is 47.8 Å². The van der Waals surface area contributed by atoms with Gasteiger partial charge in [0.15, 0.2) is 5.13 Å². The smallest absolute Gasteiger partial charge is 0.229 e. The third-order valence-corrected chi connectivity index (χ3v) is 5.03. The van der Waals surface area contributed by atoms with E-state index < -0.39 is 0 Å². The van der Waals surface area contributed by atoms with Gasteiger partial charge in [0.25, 0.3) is 0 Å². The Labute approximate surface area is 137 Å². The Morgan fingerprint density at radius 3 is 2.87 bits per heavy atom. The Morgan fingerprint density at radius 2 is 2.13 bits per heavy atom. The van der Waals surface area contributed by atoms with Crippen LogP contribution in [0.4, 0.5) is 9.52 Å². The van der Waals surface area contributed by atoms with Crippen molar-refractivity contribution in [2.45, 2.75) is 19.8 Å². The lowest BCUT2D eigenvalue weighted by Crippen LogP contribution is -2.12. The number of benzene rings is 2. The summed E-state index contributed by atoms with van der Waals surface area (Å²) in [5.74, 6) is -0.0327. The second kappa shape index (κ2) is 5.42. The first kappa shape index (κ1) is 14.3. The van der Waals surface area contributed by atoms with Crippen molar-refractivity contribution in [1.29, 1.82) is 0 Å². The number of nitrogens with one attached hydrogen (secondary N) is 1. The largest absolute Gasteiger partial charge is 0.302 e. The monoisotopic (exact) mass is 326 g/mol. The molecule has 5 heteroatoms. The Morgan fingerprint density at radius 1 is 1.30 bits per heavy atom. The Balaban J connectivity index is 1.71. The van der Waals surface area contributed by atoms with Crippen molar-refractivity contribution in [3.8, 4) is 11.1 Å². The predicted molar refractivity (Wildman–Crippen MR) is 91.1 cm³/mol. The highest BCUT2D eigenvalue weighted by atomic mass is 32.1. The molecule has 0 saturated heterocycles. The number of hydrogen-bond donors (Lipinski definition) is 1. The van der Waals surface area contributed by atoms with Gasteiger partial charge in [0, 0.05) is 11.5 Å². The van der Waals surface area contributed by atoms with Crippen molar-refractivity contribution in [3.63, 3.8) is 0 Å². The molecule has 116 valence electrons. The Kier molecular flexibility index (Phi) is 3.38. The highest BCUT2D eigenvalue weighted by molar-refractivity contribution is 7.22. The molecule has 2 aromatic carbocycles. The third kappa shape index (κ3) is 2.72. The number of nitrogens with zero attached hydrogens (tertiary/aromatic N) is 1. The van der Waals surface area contributed by atoms with Gasteiger partial charge in [-0.3, -0.25) is 4.79 Å². The van der Waals surface area contributed by atoms with Gasteiger partial charge in [0.05, 0.1) is 10.2 Å². The van der Waals surface area contributed by atoms with Gasteiger partial charge < -0.3 is 5.32 Å². The summed E-state index contributed by atoms with van der Waals surface area (Å²) in [6, 6.07) is 10.8. The molecule has 1 aliphatic rings. The van der Waals surface area contributed by atoms with Crippen LogP contribution in [0.25, 0.3) is 21.3 Å². The van der Waals surface area contributed by atoms with Gasteiger partial charge in [-0.1, -0.05) is 29.5 Å². The molecular formula is C18H15FN2OS. The Bertz CT molecular complexity index is 894. The van der Waals surface area contributed by atoms with Crippen LogP contribution in [0.1, 0.15) is 18.4 Å². The number of halogens is 1. The lowest BCUT2D eigenvalue weighted by molar-refractivity contribution is -0.117. The second-order valence-corrected chi connectivity index (χ2v) is 6.93. The molecule has 0 spiro atoms. The van der Waals surface area contributed by atoms with Crippen LogP contribution in [0, 0.1) is 18.7 Å². The van der Waals surface area contributed by atoms with Crippen molar-refractivity contribution in [2.24, 2.45) is 5.92 Å². The number of thiazole rings is 1. The number of carbonyl (C=O) groups excluding carboxylic acids is 1. The number of aryl methyl sites for hydroxylation is 1. The first-order chi connectivity index (χ1) is 11.1. The fourth-order valence-corrected chi connectivity index (χ4v) is 3.54. The van der Waals surface area contributed by atoms with E-state index in [-0.39, 0.29) is 17.6 Å². The van der Waals surface area contributed by atoms with Gasteiger partial charge in [-0.2, -0.15) is 0 Å². The molecule has 0 unspecified atom stereocenters. The van der Waals surface area contributed by atoms with Crippen molar-refractivity contribution in [1.82, 2.24) is 4.98 Å². The molecular weight excluding hydrogens is 311 g/mol. The average Bonchev–Trinajstić information content (AvgIpc) is 3.28. The van der Waals surface area contributed by atoms with E-state index in [0.717, 1.165) is 34.2 Å². The molecule has 3 aromatic rings. The van der Waals surface area contributed by atoms with E-state index in [0.29, 0.717) is 10.7 Å². The summed E-state index contributed by atoms with van der Waals surface area (Å²) in [5, 5.41) is 3.48. The molecule has 0 radical (unpaired) electrons. The van der Waals surface area contributed by atoms with Crippen LogP contribution in [0.3, 0.4) is 0 Å². The van der Waals surface area contributed by atoms with E-state index in [1.165, 1.54) is 17.4 Å². The topological polar surface area (TPSA) is 42.0 Å². The summed E-state index contributed by atoms with van der Waals surface area (Å²) < 4.78 is 15.1. The maximum Gasteiger partial charge on any atom is 0.229 e. The summed E-state index contributed by atoms with van der Waals surface area (Å²) in [6.07, 6.45) is 1.93. The molecule has 1 N–H and O–H groups in total. The van der Waals surface area contributed by atoms with Crippen molar-refractivity contribution >= 4 is 32.6 Å². The van der Waals surface area contributed by atoms with Gasteiger partial charge in [0.1, 0.15) is 5.82 Å². The van der Waals surface area contributed by atoms with Gasteiger partial charge in [-0.05, 0) is 49.1 Å².